The van der Waals surface area contributed by atoms with Crippen molar-refractivity contribution in [1.82, 2.24) is 0 Å². The molecular formula is C15H20N2O4. The maximum absolute atomic E-state index is 11.7. The zero-order valence-electron chi connectivity index (χ0n) is 12.2. The Balaban J connectivity index is 2.52. The van der Waals surface area contributed by atoms with Crippen LogP contribution in [0, 0.1) is 6.92 Å². The fourth-order valence-electron chi connectivity index (χ4n) is 1.81. The third kappa shape index (κ3) is 6.56. The molecule has 0 heterocycles. The quantitative estimate of drug-likeness (QED) is 0.673. The predicted octanol–water partition coefficient (Wildman–Crippen LogP) is 2.54. The summed E-state index contributed by atoms with van der Waals surface area (Å²) in [6, 6.07) is 5.27. The summed E-state index contributed by atoms with van der Waals surface area (Å²) in [6.45, 7) is 3.29. The lowest BCUT2D eigenvalue weighted by atomic mass is 10.1. The Bertz CT molecular complexity index is 540. The highest BCUT2D eigenvalue weighted by atomic mass is 16.4. The number of amides is 2. The molecule has 1 rings (SSSR count). The minimum absolute atomic E-state index is 0.0739. The number of unbranched alkanes of at least 4 members (excludes halogenated alkanes) is 1. The van der Waals surface area contributed by atoms with Gasteiger partial charge in [0.25, 0.3) is 0 Å². The second-order valence-corrected chi connectivity index (χ2v) is 4.86. The van der Waals surface area contributed by atoms with Crippen molar-refractivity contribution in [1.29, 1.82) is 0 Å². The Hall–Kier alpha value is -2.37. The molecule has 0 aliphatic heterocycles. The van der Waals surface area contributed by atoms with Gasteiger partial charge in [0.1, 0.15) is 0 Å². The molecule has 0 saturated heterocycles. The molecule has 0 radical (unpaired) electrons. The number of hydrogen-bond acceptors (Lipinski definition) is 3. The minimum atomic E-state index is -0.853. The van der Waals surface area contributed by atoms with E-state index in [4.69, 9.17) is 5.11 Å². The number of benzene rings is 1. The van der Waals surface area contributed by atoms with E-state index in [1.165, 1.54) is 6.92 Å². The number of carbonyl (C=O) groups excluding carboxylic acids is 2. The van der Waals surface area contributed by atoms with Crippen molar-refractivity contribution in [3.05, 3.63) is 23.8 Å². The van der Waals surface area contributed by atoms with Gasteiger partial charge in [0.05, 0.1) is 0 Å². The first-order valence-electron chi connectivity index (χ1n) is 6.78. The fourth-order valence-corrected chi connectivity index (χ4v) is 1.81. The van der Waals surface area contributed by atoms with Gasteiger partial charge in [-0.25, -0.2) is 0 Å². The van der Waals surface area contributed by atoms with Crippen molar-refractivity contribution >= 4 is 29.2 Å². The van der Waals surface area contributed by atoms with E-state index in [1.807, 2.05) is 13.0 Å². The monoisotopic (exact) mass is 292 g/mol. The van der Waals surface area contributed by atoms with Crippen LogP contribution in [-0.4, -0.2) is 22.9 Å². The number of rotatable bonds is 7. The van der Waals surface area contributed by atoms with Gasteiger partial charge in [-0.1, -0.05) is 6.07 Å². The van der Waals surface area contributed by atoms with Gasteiger partial charge in [0.15, 0.2) is 0 Å². The number of carboxylic acid groups (broad SMARTS) is 1. The molecule has 1 aromatic rings. The number of aliphatic carboxylic acids is 1. The number of nitrogens with one attached hydrogen (secondary N) is 2. The zero-order chi connectivity index (χ0) is 15.8. The molecule has 6 heteroatoms. The molecule has 2 amide bonds. The standard InChI is InChI=1S/C15H20N2O4/c1-10-7-8-12(9-13(10)16-11(2)18)17-14(19)5-3-4-6-15(20)21/h7-9H,3-6H2,1-2H3,(H,16,18)(H,17,19)(H,20,21). The minimum Gasteiger partial charge on any atom is -0.481 e. The molecule has 0 spiro atoms. The Morgan fingerprint density at radius 1 is 1.10 bits per heavy atom. The van der Waals surface area contributed by atoms with Crippen LogP contribution in [0.15, 0.2) is 18.2 Å². The first kappa shape index (κ1) is 16.7. The highest BCUT2D eigenvalue weighted by Crippen LogP contribution is 2.20. The van der Waals surface area contributed by atoms with Crippen LogP contribution >= 0.6 is 0 Å². The van der Waals surface area contributed by atoms with Crippen molar-refractivity contribution in [2.45, 2.75) is 39.5 Å². The van der Waals surface area contributed by atoms with Crippen LogP contribution in [0.3, 0.4) is 0 Å². The molecule has 0 saturated carbocycles. The normalized spacial score (nSPS) is 10.0. The largest absolute Gasteiger partial charge is 0.481 e. The average Bonchev–Trinajstić information content (AvgIpc) is 2.38. The van der Waals surface area contributed by atoms with E-state index >= 15 is 0 Å². The summed E-state index contributed by atoms with van der Waals surface area (Å²) in [5.41, 5.74) is 2.17. The van der Waals surface area contributed by atoms with E-state index in [1.54, 1.807) is 12.1 Å². The molecule has 0 aliphatic carbocycles. The number of carboxylic acids is 1. The van der Waals surface area contributed by atoms with Gasteiger partial charge in [0, 0.05) is 31.1 Å². The van der Waals surface area contributed by atoms with Crippen LogP contribution in [0.5, 0.6) is 0 Å². The van der Waals surface area contributed by atoms with E-state index in [9.17, 15) is 14.4 Å². The molecule has 6 nitrogen and oxygen atoms in total. The van der Waals surface area contributed by atoms with Gasteiger partial charge < -0.3 is 15.7 Å². The molecule has 3 N–H and O–H groups in total. The second-order valence-electron chi connectivity index (χ2n) is 4.86. The maximum Gasteiger partial charge on any atom is 0.303 e. The van der Waals surface area contributed by atoms with Crippen LogP contribution < -0.4 is 10.6 Å². The predicted molar refractivity (Wildman–Crippen MR) is 80.2 cm³/mol. The Labute approximate surface area is 123 Å². The molecule has 0 unspecified atom stereocenters. The van der Waals surface area contributed by atoms with Gasteiger partial charge in [0.2, 0.25) is 11.8 Å². The first-order valence-corrected chi connectivity index (χ1v) is 6.78. The van der Waals surface area contributed by atoms with Crippen molar-refractivity contribution in [2.24, 2.45) is 0 Å². The lowest BCUT2D eigenvalue weighted by molar-refractivity contribution is -0.137. The van der Waals surface area contributed by atoms with Crippen LogP contribution in [-0.2, 0) is 14.4 Å². The van der Waals surface area contributed by atoms with E-state index < -0.39 is 5.97 Å². The average molecular weight is 292 g/mol. The van der Waals surface area contributed by atoms with Crippen molar-refractivity contribution in [3.8, 4) is 0 Å². The highest BCUT2D eigenvalue weighted by molar-refractivity contribution is 5.93. The van der Waals surface area contributed by atoms with E-state index in [-0.39, 0.29) is 24.7 Å². The summed E-state index contributed by atoms with van der Waals surface area (Å²) in [7, 11) is 0. The van der Waals surface area contributed by atoms with Crippen molar-refractivity contribution in [2.75, 3.05) is 10.6 Å². The Morgan fingerprint density at radius 2 is 1.76 bits per heavy atom. The molecule has 21 heavy (non-hydrogen) atoms. The molecule has 114 valence electrons. The van der Waals surface area contributed by atoms with Crippen LogP contribution in [0.1, 0.15) is 38.2 Å². The third-order valence-corrected chi connectivity index (χ3v) is 2.88. The molecule has 0 atom stereocenters. The molecule has 0 aromatic heterocycles. The van der Waals surface area contributed by atoms with Gasteiger partial charge in [-0.2, -0.15) is 0 Å². The van der Waals surface area contributed by atoms with Gasteiger partial charge in [-0.05, 0) is 37.5 Å². The third-order valence-electron chi connectivity index (χ3n) is 2.88. The Morgan fingerprint density at radius 3 is 2.38 bits per heavy atom. The summed E-state index contributed by atoms with van der Waals surface area (Å²) in [4.78, 5) is 33.2. The second kappa shape index (κ2) is 8.04. The summed E-state index contributed by atoms with van der Waals surface area (Å²) in [5, 5.41) is 13.9. The lowest BCUT2D eigenvalue weighted by Gasteiger charge is -2.10. The number of aryl methyl sites for hydroxylation is 1. The highest BCUT2D eigenvalue weighted by Gasteiger charge is 2.06. The van der Waals surface area contributed by atoms with Gasteiger partial charge >= 0.3 is 5.97 Å². The van der Waals surface area contributed by atoms with E-state index in [0.717, 1.165) is 5.56 Å². The number of carbonyl (C=O) groups is 3. The topological polar surface area (TPSA) is 95.5 Å². The molecule has 0 fully saturated rings. The van der Waals surface area contributed by atoms with Crippen molar-refractivity contribution < 1.29 is 19.5 Å². The zero-order valence-corrected chi connectivity index (χ0v) is 12.2. The Kier molecular flexibility index (Phi) is 6.39. The van der Waals surface area contributed by atoms with Crippen molar-refractivity contribution in [3.63, 3.8) is 0 Å². The SMILES string of the molecule is CC(=O)Nc1cc(NC(=O)CCCCC(=O)O)ccc1C. The van der Waals surface area contributed by atoms with E-state index in [2.05, 4.69) is 10.6 Å². The van der Waals surface area contributed by atoms with Gasteiger partial charge in [-0.15, -0.1) is 0 Å². The van der Waals surface area contributed by atoms with Crippen LogP contribution in [0.25, 0.3) is 0 Å². The number of hydrogen-bond donors (Lipinski definition) is 3. The summed E-state index contributed by atoms with van der Waals surface area (Å²) in [6.07, 6.45) is 1.36. The molecule has 0 bridgehead atoms. The first-order chi connectivity index (χ1) is 9.88. The van der Waals surface area contributed by atoms with Crippen LogP contribution in [0.2, 0.25) is 0 Å². The maximum atomic E-state index is 11.7. The molecular weight excluding hydrogens is 272 g/mol. The fraction of sp³-hybridized carbons (Fsp3) is 0.400. The van der Waals surface area contributed by atoms with E-state index in [0.29, 0.717) is 24.2 Å². The number of anilines is 2. The summed E-state index contributed by atoms with van der Waals surface area (Å²) in [5.74, 6) is -1.19. The molecule has 1 aromatic carbocycles. The van der Waals surface area contributed by atoms with Crippen LogP contribution in [0.4, 0.5) is 11.4 Å². The smallest absolute Gasteiger partial charge is 0.303 e. The lowest BCUT2D eigenvalue weighted by Crippen LogP contribution is -2.12. The molecule has 0 aliphatic rings. The summed E-state index contributed by atoms with van der Waals surface area (Å²) >= 11 is 0. The summed E-state index contributed by atoms with van der Waals surface area (Å²) < 4.78 is 0. The van der Waals surface area contributed by atoms with Gasteiger partial charge in [-0.3, -0.25) is 14.4 Å².